The number of nitrogens with two attached hydrogens (primary N) is 1. The van der Waals surface area contributed by atoms with Crippen molar-refractivity contribution in [3.63, 3.8) is 0 Å². The topological polar surface area (TPSA) is 134 Å². The molecule has 134 valence electrons. The van der Waals surface area contributed by atoms with Crippen LogP contribution in [0.3, 0.4) is 0 Å². The smallest absolute Gasteiger partial charge is 0.250 e. The molecule has 9 heteroatoms. The summed E-state index contributed by atoms with van der Waals surface area (Å²) in [4.78, 5) is 36.7. The molecule has 0 aromatic carbocycles. The van der Waals surface area contributed by atoms with Crippen LogP contribution in [-0.2, 0) is 19.1 Å². The van der Waals surface area contributed by atoms with Crippen LogP contribution in [0.15, 0.2) is 0 Å². The van der Waals surface area contributed by atoms with E-state index in [9.17, 15) is 19.5 Å². The molecule has 0 saturated heterocycles. The van der Waals surface area contributed by atoms with E-state index in [1.807, 2.05) is 6.92 Å². The lowest BCUT2D eigenvalue weighted by Crippen LogP contribution is -2.53. The van der Waals surface area contributed by atoms with E-state index in [4.69, 9.17) is 10.5 Å². The van der Waals surface area contributed by atoms with E-state index in [1.54, 1.807) is 14.1 Å². The molecule has 0 aliphatic carbocycles. The fourth-order valence-corrected chi connectivity index (χ4v) is 1.86. The fourth-order valence-electron chi connectivity index (χ4n) is 1.86. The van der Waals surface area contributed by atoms with Crippen LogP contribution in [0.25, 0.3) is 0 Å². The van der Waals surface area contributed by atoms with Crippen molar-refractivity contribution in [2.75, 3.05) is 34.4 Å². The van der Waals surface area contributed by atoms with E-state index in [2.05, 4.69) is 10.6 Å². The largest absolute Gasteiger partial charge is 0.382 e. The van der Waals surface area contributed by atoms with Crippen molar-refractivity contribution < 1.29 is 24.2 Å². The summed E-state index contributed by atoms with van der Waals surface area (Å²) in [5.41, 5.74) is 5.65. The van der Waals surface area contributed by atoms with Crippen molar-refractivity contribution in [1.29, 1.82) is 0 Å². The number of methoxy groups -OCH3 is 1. The minimum Gasteiger partial charge on any atom is -0.382 e. The zero-order valence-electron chi connectivity index (χ0n) is 14.2. The van der Waals surface area contributed by atoms with E-state index in [-0.39, 0.29) is 19.1 Å². The molecule has 0 heterocycles. The first-order valence-electron chi connectivity index (χ1n) is 7.45. The SMILES string of the molecule is CCC[C@H](N)C(O)C(=O)NCC(=O)NC(COC)C(=O)N(C)C. The Bertz CT molecular complexity index is 403. The molecular weight excluding hydrogens is 304 g/mol. The molecule has 9 nitrogen and oxygen atoms in total. The first-order chi connectivity index (χ1) is 10.7. The van der Waals surface area contributed by atoms with E-state index in [0.29, 0.717) is 6.42 Å². The number of likely N-dealkylation sites (N-methyl/N-ethyl adjacent to an activating group) is 1. The van der Waals surface area contributed by atoms with E-state index < -0.39 is 30.0 Å². The maximum absolute atomic E-state index is 11.9. The molecule has 0 rings (SSSR count). The number of carbonyl (C=O) groups excluding carboxylic acids is 3. The fraction of sp³-hybridized carbons (Fsp3) is 0.786. The van der Waals surface area contributed by atoms with Gasteiger partial charge in [-0.3, -0.25) is 14.4 Å². The second kappa shape index (κ2) is 10.9. The number of hydrogen-bond acceptors (Lipinski definition) is 6. The van der Waals surface area contributed by atoms with Gasteiger partial charge < -0.3 is 31.1 Å². The molecule has 3 atom stereocenters. The monoisotopic (exact) mass is 332 g/mol. The summed E-state index contributed by atoms with van der Waals surface area (Å²) in [6, 6.07) is -1.52. The zero-order chi connectivity index (χ0) is 18.0. The zero-order valence-corrected chi connectivity index (χ0v) is 14.2. The molecule has 0 aromatic rings. The first kappa shape index (κ1) is 21.3. The Hall–Kier alpha value is -1.71. The van der Waals surface area contributed by atoms with Crippen molar-refractivity contribution in [2.24, 2.45) is 5.73 Å². The van der Waals surface area contributed by atoms with Gasteiger partial charge in [-0.15, -0.1) is 0 Å². The van der Waals surface area contributed by atoms with Crippen LogP contribution in [0.1, 0.15) is 19.8 Å². The highest BCUT2D eigenvalue weighted by Gasteiger charge is 2.25. The van der Waals surface area contributed by atoms with E-state index >= 15 is 0 Å². The lowest BCUT2D eigenvalue weighted by atomic mass is 10.1. The number of carbonyl (C=O) groups is 3. The van der Waals surface area contributed by atoms with Crippen LogP contribution in [0.2, 0.25) is 0 Å². The normalized spacial score (nSPS) is 14.5. The summed E-state index contributed by atoms with van der Waals surface area (Å²) in [5, 5.41) is 14.5. The summed E-state index contributed by atoms with van der Waals surface area (Å²) in [5.74, 6) is -1.60. The van der Waals surface area contributed by atoms with Gasteiger partial charge in [0, 0.05) is 27.2 Å². The van der Waals surface area contributed by atoms with Crippen LogP contribution in [0.4, 0.5) is 0 Å². The first-order valence-corrected chi connectivity index (χ1v) is 7.45. The maximum atomic E-state index is 11.9. The maximum Gasteiger partial charge on any atom is 0.250 e. The average molecular weight is 332 g/mol. The number of nitrogens with zero attached hydrogens (tertiary/aromatic N) is 1. The highest BCUT2D eigenvalue weighted by Crippen LogP contribution is 1.99. The number of nitrogens with one attached hydrogen (secondary N) is 2. The molecule has 0 fully saturated rings. The Morgan fingerprint density at radius 2 is 1.91 bits per heavy atom. The van der Waals surface area contributed by atoms with Gasteiger partial charge >= 0.3 is 0 Å². The van der Waals surface area contributed by atoms with Crippen LogP contribution in [-0.4, -0.2) is 80.3 Å². The Balaban J connectivity index is 4.41. The third kappa shape index (κ3) is 7.91. The van der Waals surface area contributed by atoms with Gasteiger partial charge in [0.25, 0.3) is 5.91 Å². The van der Waals surface area contributed by atoms with Crippen LogP contribution in [0, 0.1) is 0 Å². The van der Waals surface area contributed by atoms with E-state index in [0.717, 1.165) is 6.42 Å². The van der Waals surface area contributed by atoms with Gasteiger partial charge in [-0.1, -0.05) is 13.3 Å². The number of ether oxygens (including phenoxy) is 1. The predicted octanol–water partition coefficient (Wildman–Crippen LogP) is -2.19. The molecule has 23 heavy (non-hydrogen) atoms. The number of hydrogen-bond donors (Lipinski definition) is 4. The minimum absolute atomic E-state index is 0.0146. The lowest BCUT2D eigenvalue weighted by molar-refractivity contribution is -0.136. The number of aliphatic hydroxyl groups excluding tert-OH is 1. The van der Waals surface area contributed by atoms with Gasteiger partial charge in [-0.25, -0.2) is 0 Å². The number of rotatable bonds is 10. The van der Waals surface area contributed by atoms with E-state index in [1.165, 1.54) is 12.0 Å². The van der Waals surface area contributed by atoms with Gasteiger partial charge in [0.05, 0.1) is 13.2 Å². The summed E-state index contributed by atoms with van der Waals surface area (Å²) in [6.45, 7) is 1.53. The standard InChI is InChI=1S/C14H28N4O5/c1-5-6-9(15)12(20)13(21)16-7-11(19)17-10(8-23-4)14(22)18(2)3/h9-10,12,20H,5-8,15H2,1-4H3,(H,16,21)(H,17,19)/t9-,10?,12?/m0/s1. The molecule has 0 aromatic heterocycles. The molecule has 0 saturated carbocycles. The number of amides is 3. The second-order valence-electron chi connectivity index (χ2n) is 5.42. The molecule has 5 N–H and O–H groups in total. The quantitative estimate of drug-likeness (QED) is 0.359. The van der Waals surface area contributed by atoms with Gasteiger partial charge in [0.15, 0.2) is 0 Å². The highest BCUT2D eigenvalue weighted by atomic mass is 16.5. The number of aliphatic hydroxyl groups is 1. The average Bonchev–Trinajstić information content (AvgIpc) is 2.50. The van der Waals surface area contributed by atoms with Gasteiger partial charge in [-0.2, -0.15) is 0 Å². The molecule has 0 spiro atoms. The molecule has 2 unspecified atom stereocenters. The molecule has 0 aliphatic rings. The van der Waals surface area contributed by atoms with Gasteiger partial charge in [-0.05, 0) is 6.42 Å². The minimum atomic E-state index is -1.37. The van der Waals surface area contributed by atoms with Crippen molar-refractivity contribution >= 4 is 17.7 Å². The summed E-state index contributed by atoms with van der Waals surface area (Å²) in [7, 11) is 4.53. The lowest BCUT2D eigenvalue weighted by Gasteiger charge is -2.21. The molecule has 3 amide bonds. The highest BCUT2D eigenvalue weighted by molar-refractivity contribution is 5.90. The van der Waals surface area contributed by atoms with Crippen LogP contribution in [0.5, 0.6) is 0 Å². The summed E-state index contributed by atoms with van der Waals surface area (Å²) in [6.07, 6.45) is -0.147. The molecular formula is C14H28N4O5. The third-order valence-electron chi connectivity index (χ3n) is 3.13. The van der Waals surface area contributed by atoms with Crippen molar-refractivity contribution in [1.82, 2.24) is 15.5 Å². The second-order valence-corrected chi connectivity index (χ2v) is 5.42. The Kier molecular flexibility index (Phi) is 10.1. The van der Waals surface area contributed by atoms with Gasteiger partial charge in [0.2, 0.25) is 11.8 Å². The molecule has 0 bridgehead atoms. The van der Waals surface area contributed by atoms with Crippen molar-refractivity contribution in [3.05, 3.63) is 0 Å². The third-order valence-corrected chi connectivity index (χ3v) is 3.13. The van der Waals surface area contributed by atoms with Crippen molar-refractivity contribution in [3.8, 4) is 0 Å². The van der Waals surface area contributed by atoms with Crippen molar-refractivity contribution in [2.45, 2.75) is 38.0 Å². The van der Waals surface area contributed by atoms with Crippen LogP contribution >= 0.6 is 0 Å². The Labute approximate surface area is 136 Å². The molecule has 0 aliphatic heterocycles. The summed E-state index contributed by atoms with van der Waals surface area (Å²) >= 11 is 0. The Morgan fingerprint density at radius 3 is 2.39 bits per heavy atom. The summed E-state index contributed by atoms with van der Waals surface area (Å²) < 4.78 is 4.89. The Morgan fingerprint density at radius 1 is 1.30 bits per heavy atom. The van der Waals surface area contributed by atoms with Crippen LogP contribution < -0.4 is 16.4 Å². The predicted molar refractivity (Wildman–Crippen MR) is 84.4 cm³/mol. The van der Waals surface area contributed by atoms with Gasteiger partial charge in [0.1, 0.15) is 12.1 Å². The molecule has 0 radical (unpaired) electrons.